The van der Waals surface area contributed by atoms with E-state index in [0.717, 1.165) is 12.8 Å². The van der Waals surface area contributed by atoms with Crippen molar-refractivity contribution in [1.29, 1.82) is 0 Å². The highest BCUT2D eigenvalue weighted by molar-refractivity contribution is 5.62. The summed E-state index contributed by atoms with van der Waals surface area (Å²) in [7, 11) is 0. The third-order valence-electron chi connectivity index (χ3n) is 3.52. The molecule has 1 aromatic carbocycles. The van der Waals surface area contributed by atoms with Gasteiger partial charge in [0.2, 0.25) is 0 Å². The van der Waals surface area contributed by atoms with Crippen molar-refractivity contribution >= 4 is 11.4 Å². The number of nitro benzene ring substituents is 1. The summed E-state index contributed by atoms with van der Waals surface area (Å²) in [5.74, 6) is 0.551. The molecule has 0 saturated heterocycles. The van der Waals surface area contributed by atoms with Gasteiger partial charge >= 0.3 is 0 Å². The minimum Gasteiger partial charge on any atom is -0.393 e. The Morgan fingerprint density at radius 2 is 2.15 bits per heavy atom. The number of benzene rings is 1. The Kier molecular flexibility index (Phi) is 7.01. The van der Waals surface area contributed by atoms with Crippen LogP contribution in [0.25, 0.3) is 0 Å². The van der Waals surface area contributed by atoms with Crippen molar-refractivity contribution in [3.63, 3.8) is 0 Å². The SMILES string of the molecule is CCCCC(CC)COCc1cccc([N+](=O)[O-])c1N. The monoisotopic (exact) mass is 280 g/mol. The second kappa shape index (κ2) is 8.53. The number of nitrogens with zero attached hydrogens (tertiary/aromatic N) is 1. The highest BCUT2D eigenvalue weighted by atomic mass is 16.6. The van der Waals surface area contributed by atoms with Gasteiger partial charge in [-0.15, -0.1) is 0 Å². The molecule has 0 bridgehead atoms. The second-order valence-corrected chi connectivity index (χ2v) is 5.04. The zero-order chi connectivity index (χ0) is 15.0. The van der Waals surface area contributed by atoms with Crippen molar-refractivity contribution in [1.82, 2.24) is 0 Å². The van der Waals surface area contributed by atoms with E-state index >= 15 is 0 Å². The number of ether oxygens (including phenoxy) is 1. The molecular formula is C15H24N2O3. The fourth-order valence-electron chi connectivity index (χ4n) is 2.12. The molecule has 1 atom stereocenters. The van der Waals surface area contributed by atoms with Crippen LogP contribution in [0.5, 0.6) is 0 Å². The Bertz CT molecular complexity index is 435. The molecule has 0 radical (unpaired) electrons. The summed E-state index contributed by atoms with van der Waals surface area (Å²) in [6.45, 7) is 5.34. The third kappa shape index (κ3) is 4.81. The van der Waals surface area contributed by atoms with E-state index < -0.39 is 4.92 Å². The molecule has 0 aliphatic carbocycles. The van der Waals surface area contributed by atoms with Crippen LogP contribution in [-0.2, 0) is 11.3 Å². The topological polar surface area (TPSA) is 78.4 Å². The van der Waals surface area contributed by atoms with Gasteiger partial charge in [-0.25, -0.2) is 0 Å². The van der Waals surface area contributed by atoms with Gasteiger partial charge in [0, 0.05) is 18.2 Å². The van der Waals surface area contributed by atoms with Crippen molar-refractivity contribution in [2.75, 3.05) is 12.3 Å². The fourth-order valence-corrected chi connectivity index (χ4v) is 2.12. The first-order chi connectivity index (χ1) is 9.60. The number of para-hydroxylation sites is 1. The summed E-state index contributed by atoms with van der Waals surface area (Å²) in [5, 5.41) is 10.8. The number of nitrogen functional groups attached to an aromatic ring is 1. The van der Waals surface area contributed by atoms with Crippen LogP contribution in [0.15, 0.2) is 18.2 Å². The first-order valence-electron chi connectivity index (χ1n) is 7.19. The average Bonchev–Trinajstić information content (AvgIpc) is 2.44. The van der Waals surface area contributed by atoms with E-state index in [1.54, 1.807) is 12.1 Å². The molecule has 112 valence electrons. The molecule has 1 aromatic rings. The van der Waals surface area contributed by atoms with Crippen molar-refractivity contribution in [2.24, 2.45) is 5.92 Å². The number of unbranched alkanes of at least 4 members (excludes halogenated alkanes) is 1. The Hall–Kier alpha value is -1.62. The van der Waals surface area contributed by atoms with Gasteiger partial charge in [-0.05, 0) is 12.3 Å². The zero-order valence-electron chi connectivity index (χ0n) is 12.3. The summed E-state index contributed by atoms with van der Waals surface area (Å²) < 4.78 is 5.68. The first-order valence-corrected chi connectivity index (χ1v) is 7.19. The van der Waals surface area contributed by atoms with Gasteiger partial charge in [0.1, 0.15) is 5.69 Å². The molecule has 0 spiro atoms. The lowest BCUT2D eigenvalue weighted by Gasteiger charge is -2.15. The van der Waals surface area contributed by atoms with Crippen LogP contribution in [0.4, 0.5) is 11.4 Å². The summed E-state index contributed by atoms with van der Waals surface area (Å²) >= 11 is 0. The average molecular weight is 280 g/mol. The smallest absolute Gasteiger partial charge is 0.292 e. The quantitative estimate of drug-likeness (QED) is 0.422. The van der Waals surface area contributed by atoms with E-state index in [1.807, 2.05) is 0 Å². The summed E-state index contributed by atoms with van der Waals surface area (Å²) in [6.07, 6.45) is 4.65. The molecule has 20 heavy (non-hydrogen) atoms. The Morgan fingerprint density at radius 1 is 1.40 bits per heavy atom. The normalized spacial score (nSPS) is 12.3. The van der Waals surface area contributed by atoms with Crippen LogP contribution in [0.2, 0.25) is 0 Å². The van der Waals surface area contributed by atoms with Crippen molar-refractivity contribution in [3.8, 4) is 0 Å². The Labute approximate surface area is 120 Å². The van der Waals surface area contributed by atoms with Crippen LogP contribution in [0.1, 0.15) is 45.1 Å². The van der Waals surface area contributed by atoms with E-state index in [-0.39, 0.29) is 11.4 Å². The van der Waals surface area contributed by atoms with Gasteiger partial charge in [-0.3, -0.25) is 10.1 Å². The van der Waals surface area contributed by atoms with Gasteiger partial charge in [-0.2, -0.15) is 0 Å². The molecule has 0 saturated carbocycles. The largest absolute Gasteiger partial charge is 0.393 e. The molecule has 0 fully saturated rings. The van der Waals surface area contributed by atoms with Crippen LogP contribution in [0, 0.1) is 16.0 Å². The highest BCUT2D eigenvalue weighted by Crippen LogP contribution is 2.25. The molecule has 5 heteroatoms. The summed E-state index contributed by atoms with van der Waals surface area (Å²) in [5.41, 5.74) is 6.63. The molecule has 1 unspecified atom stereocenters. The van der Waals surface area contributed by atoms with Gasteiger partial charge in [-0.1, -0.05) is 45.2 Å². The van der Waals surface area contributed by atoms with E-state index in [4.69, 9.17) is 10.5 Å². The zero-order valence-corrected chi connectivity index (χ0v) is 12.3. The molecule has 0 amide bonds. The Morgan fingerprint density at radius 3 is 2.75 bits per heavy atom. The highest BCUT2D eigenvalue weighted by Gasteiger charge is 2.14. The minimum absolute atomic E-state index is 0.0517. The Balaban J connectivity index is 2.53. The summed E-state index contributed by atoms with van der Waals surface area (Å²) in [6, 6.07) is 4.83. The van der Waals surface area contributed by atoms with Gasteiger partial charge in [0.05, 0.1) is 11.5 Å². The van der Waals surface area contributed by atoms with E-state index in [2.05, 4.69) is 13.8 Å². The molecular weight excluding hydrogens is 256 g/mol. The lowest BCUT2D eigenvalue weighted by atomic mass is 10.0. The van der Waals surface area contributed by atoms with Crippen LogP contribution in [-0.4, -0.2) is 11.5 Å². The van der Waals surface area contributed by atoms with Gasteiger partial charge in [0.25, 0.3) is 5.69 Å². The molecule has 2 N–H and O–H groups in total. The lowest BCUT2D eigenvalue weighted by Crippen LogP contribution is -2.10. The van der Waals surface area contributed by atoms with Crippen molar-refractivity contribution < 1.29 is 9.66 Å². The predicted octanol–water partition coefficient (Wildman–Crippen LogP) is 3.91. The molecule has 5 nitrogen and oxygen atoms in total. The third-order valence-corrected chi connectivity index (χ3v) is 3.52. The van der Waals surface area contributed by atoms with Crippen molar-refractivity contribution in [3.05, 3.63) is 33.9 Å². The lowest BCUT2D eigenvalue weighted by molar-refractivity contribution is -0.384. The van der Waals surface area contributed by atoms with E-state index in [1.165, 1.54) is 18.9 Å². The number of hydrogen-bond acceptors (Lipinski definition) is 4. The fraction of sp³-hybridized carbons (Fsp3) is 0.600. The standard InChI is InChI=1S/C15H24N2O3/c1-3-5-7-12(4-2)10-20-11-13-8-6-9-14(15(13)16)17(18)19/h6,8-9,12H,3-5,7,10-11,16H2,1-2H3. The van der Waals surface area contributed by atoms with E-state index in [9.17, 15) is 10.1 Å². The molecule has 0 heterocycles. The number of rotatable bonds is 9. The maximum absolute atomic E-state index is 10.8. The molecule has 0 aliphatic rings. The van der Waals surface area contributed by atoms with Crippen LogP contribution < -0.4 is 5.73 Å². The number of nitrogens with two attached hydrogens (primary N) is 1. The molecule has 1 rings (SSSR count). The van der Waals surface area contributed by atoms with Gasteiger partial charge in [0.15, 0.2) is 0 Å². The maximum atomic E-state index is 10.8. The minimum atomic E-state index is -0.463. The number of hydrogen-bond donors (Lipinski definition) is 1. The van der Waals surface area contributed by atoms with Crippen LogP contribution in [0.3, 0.4) is 0 Å². The molecule has 0 aliphatic heterocycles. The van der Waals surface area contributed by atoms with Crippen LogP contribution >= 0.6 is 0 Å². The second-order valence-electron chi connectivity index (χ2n) is 5.04. The number of nitro groups is 1. The number of anilines is 1. The van der Waals surface area contributed by atoms with E-state index in [0.29, 0.717) is 24.7 Å². The van der Waals surface area contributed by atoms with Gasteiger partial charge < -0.3 is 10.5 Å². The summed E-state index contributed by atoms with van der Waals surface area (Å²) in [4.78, 5) is 10.3. The van der Waals surface area contributed by atoms with Crippen molar-refractivity contribution in [2.45, 2.75) is 46.1 Å². The first kappa shape index (κ1) is 16.4. The molecule has 0 aromatic heterocycles. The maximum Gasteiger partial charge on any atom is 0.292 e. The predicted molar refractivity (Wildman–Crippen MR) is 80.5 cm³/mol.